The Hall–Kier alpha value is -4.54. The topological polar surface area (TPSA) is 145 Å². The minimum absolute atomic E-state index is 0.0494. The molecule has 1 fully saturated rings. The van der Waals surface area contributed by atoms with Crippen molar-refractivity contribution in [1.82, 2.24) is 14.9 Å². The van der Waals surface area contributed by atoms with Crippen molar-refractivity contribution in [3.8, 4) is 11.8 Å². The van der Waals surface area contributed by atoms with Crippen LogP contribution in [-0.2, 0) is 9.59 Å². The van der Waals surface area contributed by atoms with Gasteiger partial charge in [0.2, 0.25) is 5.91 Å². The van der Waals surface area contributed by atoms with Crippen LogP contribution in [-0.4, -0.2) is 58.6 Å². The second-order valence-electron chi connectivity index (χ2n) is 8.56. The molecule has 1 unspecified atom stereocenters. The van der Waals surface area contributed by atoms with Crippen LogP contribution in [0.3, 0.4) is 0 Å². The maximum atomic E-state index is 13.5. The van der Waals surface area contributed by atoms with Crippen LogP contribution in [0.25, 0.3) is 0 Å². The van der Waals surface area contributed by atoms with E-state index in [1.807, 2.05) is 6.07 Å². The summed E-state index contributed by atoms with van der Waals surface area (Å²) < 4.78 is 46.4. The van der Waals surface area contributed by atoms with Crippen molar-refractivity contribution in [2.75, 3.05) is 30.3 Å². The van der Waals surface area contributed by atoms with Crippen molar-refractivity contribution in [3.05, 3.63) is 54.3 Å². The molecule has 4 heterocycles. The summed E-state index contributed by atoms with van der Waals surface area (Å²) in [6.07, 6.45) is 1.84. The first-order chi connectivity index (χ1) is 18.2. The van der Waals surface area contributed by atoms with Crippen molar-refractivity contribution in [1.29, 1.82) is 5.26 Å². The van der Waals surface area contributed by atoms with Crippen LogP contribution in [0.15, 0.2) is 58.9 Å². The molecular formula is C24H23F3N8O3. The number of anilines is 2. The van der Waals surface area contributed by atoms with Crippen LogP contribution >= 0.6 is 0 Å². The standard InChI is InChI=1S/C24H23F3N8O3/c25-24(26,27)22-19(13-32-34-23(22)37)35-7-1-2-17(35)14-38-18-8-16(11-29-12-18)33-21(36)5-6-30-20-4-3-15(9-28)10-31-20/h3-4,8,10-13,17,22H,1-2,5-7,14H2,(H,30,31)(H,33,36)/t17-,22?/m0/s1. The highest BCUT2D eigenvalue weighted by Gasteiger charge is 2.51. The van der Waals surface area contributed by atoms with E-state index in [1.165, 1.54) is 23.5 Å². The van der Waals surface area contributed by atoms with E-state index in [0.717, 1.165) is 6.20 Å². The van der Waals surface area contributed by atoms with E-state index >= 15 is 0 Å². The second kappa shape index (κ2) is 11.7. The minimum Gasteiger partial charge on any atom is -0.490 e. The summed E-state index contributed by atoms with van der Waals surface area (Å²) in [5.74, 6) is -3.10. The number of azo groups is 1. The zero-order valence-electron chi connectivity index (χ0n) is 20.0. The molecule has 0 bridgehead atoms. The third kappa shape index (κ3) is 6.61. The van der Waals surface area contributed by atoms with Crippen LogP contribution in [0.1, 0.15) is 24.8 Å². The molecule has 14 heteroatoms. The lowest BCUT2D eigenvalue weighted by molar-refractivity contribution is -0.177. The number of nitrogens with one attached hydrogen (secondary N) is 2. The highest BCUT2D eigenvalue weighted by atomic mass is 19.4. The van der Waals surface area contributed by atoms with Crippen molar-refractivity contribution in [2.45, 2.75) is 31.5 Å². The van der Waals surface area contributed by atoms with E-state index in [0.29, 0.717) is 48.7 Å². The fourth-order valence-electron chi connectivity index (χ4n) is 4.15. The highest BCUT2D eigenvalue weighted by Crippen LogP contribution is 2.39. The van der Waals surface area contributed by atoms with Gasteiger partial charge in [0.25, 0.3) is 5.91 Å². The Morgan fingerprint density at radius 3 is 2.84 bits per heavy atom. The number of pyridine rings is 2. The van der Waals surface area contributed by atoms with E-state index in [-0.39, 0.29) is 24.6 Å². The lowest BCUT2D eigenvalue weighted by Gasteiger charge is -2.33. The van der Waals surface area contributed by atoms with Gasteiger partial charge in [-0.05, 0) is 25.0 Å². The summed E-state index contributed by atoms with van der Waals surface area (Å²) in [5.41, 5.74) is 0.597. The molecule has 4 rings (SSSR count). The molecule has 0 spiro atoms. The summed E-state index contributed by atoms with van der Waals surface area (Å²) in [6, 6.07) is 6.39. The average molecular weight is 528 g/mol. The van der Waals surface area contributed by atoms with Gasteiger partial charge >= 0.3 is 6.18 Å². The quantitative estimate of drug-likeness (QED) is 0.502. The molecule has 11 nitrogen and oxygen atoms in total. The monoisotopic (exact) mass is 528 g/mol. The fraction of sp³-hybridized carbons (Fsp3) is 0.375. The number of likely N-dealkylation sites (tertiary alicyclic amines) is 1. The molecular weight excluding hydrogens is 505 g/mol. The average Bonchev–Trinajstić information content (AvgIpc) is 3.36. The van der Waals surface area contributed by atoms with Gasteiger partial charge < -0.3 is 20.3 Å². The van der Waals surface area contributed by atoms with E-state index in [1.54, 1.807) is 18.2 Å². The largest absolute Gasteiger partial charge is 0.490 e. The van der Waals surface area contributed by atoms with Crippen molar-refractivity contribution in [3.63, 3.8) is 0 Å². The van der Waals surface area contributed by atoms with E-state index < -0.39 is 24.0 Å². The van der Waals surface area contributed by atoms with Crippen LogP contribution in [0.4, 0.5) is 24.7 Å². The normalized spacial score (nSPS) is 19.1. The molecule has 2 amide bonds. The molecule has 1 saturated heterocycles. The van der Waals surface area contributed by atoms with Crippen LogP contribution in [0, 0.1) is 17.2 Å². The predicted octanol–water partition coefficient (Wildman–Crippen LogP) is 3.64. The SMILES string of the molecule is N#Cc1ccc(NCCC(=O)Nc2cncc(OC[C@@H]3CCCN3C3=CN=NC(=O)C3C(F)(F)F)c2)nc1. The molecule has 2 aliphatic rings. The Bertz CT molecular complexity index is 1270. The van der Waals surface area contributed by atoms with Crippen molar-refractivity contribution >= 4 is 23.3 Å². The maximum absolute atomic E-state index is 13.5. The molecule has 0 saturated carbocycles. The summed E-state index contributed by atoms with van der Waals surface area (Å²) in [7, 11) is 0. The summed E-state index contributed by atoms with van der Waals surface area (Å²) >= 11 is 0. The first-order valence-corrected chi connectivity index (χ1v) is 11.7. The number of alkyl halides is 3. The molecule has 0 aliphatic carbocycles. The molecule has 38 heavy (non-hydrogen) atoms. The third-order valence-electron chi connectivity index (χ3n) is 5.92. The van der Waals surface area contributed by atoms with E-state index in [9.17, 15) is 22.8 Å². The molecule has 198 valence electrons. The fourth-order valence-corrected chi connectivity index (χ4v) is 4.15. The molecule has 2 atom stereocenters. The number of aromatic nitrogens is 2. The molecule has 0 radical (unpaired) electrons. The lowest BCUT2D eigenvalue weighted by atomic mass is 10.0. The Morgan fingerprint density at radius 1 is 1.26 bits per heavy atom. The number of halogens is 3. The number of hydrogen-bond donors (Lipinski definition) is 2. The number of ether oxygens (including phenoxy) is 1. The number of carbonyl (C=O) groups is 2. The van der Waals surface area contributed by atoms with Crippen LogP contribution in [0.2, 0.25) is 0 Å². The van der Waals surface area contributed by atoms with Crippen molar-refractivity contribution in [2.24, 2.45) is 16.1 Å². The Morgan fingerprint density at radius 2 is 2.11 bits per heavy atom. The number of amides is 2. The first-order valence-electron chi connectivity index (χ1n) is 11.7. The molecule has 2 aliphatic heterocycles. The minimum atomic E-state index is -4.78. The zero-order valence-corrected chi connectivity index (χ0v) is 20.0. The number of rotatable bonds is 9. The van der Waals surface area contributed by atoms with Gasteiger partial charge in [0.05, 0.1) is 41.6 Å². The lowest BCUT2D eigenvalue weighted by Crippen LogP contribution is -2.43. The molecule has 2 N–H and O–H groups in total. The number of hydrogen-bond acceptors (Lipinski definition) is 9. The smallest absolute Gasteiger partial charge is 0.406 e. The number of carbonyl (C=O) groups excluding carboxylic acids is 2. The second-order valence-corrected chi connectivity index (χ2v) is 8.56. The molecule has 2 aromatic heterocycles. The van der Waals surface area contributed by atoms with Crippen molar-refractivity contribution < 1.29 is 27.5 Å². The summed E-state index contributed by atoms with van der Waals surface area (Å²) in [4.78, 5) is 33.8. The molecule has 2 aromatic rings. The van der Waals surface area contributed by atoms with Gasteiger partial charge in [-0.1, -0.05) is 0 Å². The Kier molecular flexibility index (Phi) is 8.15. The Labute approximate surface area is 215 Å². The van der Waals surface area contributed by atoms with Gasteiger partial charge in [0, 0.05) is 31.8 Å². The van der Waals surface area contributed by atoms with Gasteiger partial charge in [-0.15, -0.1) is 5.11 Å². The van der Waals surface area contributed by atoms with Crippen LogP contribution in [0.5, 0.6) is 5.75 Å². The number of nitrogens with zero attached hydrogens (tertiary/aromatic N) is 6. The number of nitriles is 1. The van der Waals surface area contributed by atoms with Gasteiger partial charge in [-0.25, -0.2) is 4.98 Å². The summed E-state index contributed by atoms with van der Waals surface area (Å²) in [5, 5.41) is 21.0. The van der Waals surface area contributed by atoms with Crippen LogP contribution < -0.4 is 15.4 Å². The van der Waals surface area contributed by atoms with E-state index in [4.69, 9.17) is 10.00 Å². The summed E-state index contributed by atoms with van der Waals surface area (Å²) in [6.45, 7) is 0.687. The third-order valence-corrected chi connectivity index (χ3v) is 5.92. The van der Waals surface area contributed by atoms with Gasteiger partial charge in [0.15, 0.2) is 5.92 Å². The maximum Gasteiger partial charge on any atom is 0.406 e. The predicted molar refractivity (Wildman–Crippen MR) is 128 cm³/mol. The van der Waals surface area contributed by atoms with Gasteiger partial charge in [0.1, 0.15) is 24.2 Å². The van der Waals surface area contributed by atoms with E-state index in [2.05, 4.69) is 30.8 Å². The first kappa shape index (κ1) is 26.5. The molecule has 0 aromatic carbocycles. The van der Waals surface area contributed by atoms with Gasteiger partial charge in [-0.3, -0.25) is 14.6 Å². The highest BCUT2D eigenvalue weighted by molar-refractivity contribution is 5.91. The Balaban J connectivity index is 1.29. The van der Waals surface area contributed by atoms with Gasteiger partial charge in [-0.2, -0.15) is 23.5 Å². The zero-order chi connectivity index (χ0) is 27.1.